The van der Waals surface area contributed by atoms with Gasteiger partial charge in [-0.3, -0.25) is 10.0 Å². The summed E-state index contributed by atoms with van der Waals surface area (Å²) in [5, 5.41) is 8.10. The van der Waals surface area contributed by atoms with Gasteiger partial charge in [-0.05, 0) is 6.42 Å². The van der Waals surface area contributed by atoms with Gasteiger partial charge in [0.05, 0.1) is 0 Å². The molecule has 2 N–H and O–H groups in total. The van der Waals surface area contributed by atoms with E-state index < -0.39 is 0 Å². The molecular formula is C8H15NO2. The Kier molecular flexibility index (Phi) is 6.73. The molecule has 0 heterocycles. The van der Waals surface area contributed by atoms with Crippen LogP contribution in [-0.2, 0) is 4.79 Å². The van der Waals surface area contributed by atoms with E-state index in [0.717, 1.165) is 19.3 Å². The molecule has 0 unspecified atom stereocenters. The first-order valence-corrected chi connectivity index (χ1v) is 3.89. The topological polar surface area (TPSA) is 49.3 Å². The van der Waals surface area contributed by atoms with Gasteiger partial charge < -0.3 is 0 Å². The van der Waals surface area contributed by atoms with Gasteiger partial charge >= 0.3 is 0 Å². The molecule has 0 rings (SSSR count). The zero-order valence-corrected chi connectivity index (χ0v) is 6.84. The summed E-state index contributed by atoms with van der Waals surface area (Å²) in [5.41, 5.74) is 1.57. The van der Waals surface area contributed by atoms with Crippen LogP contribution in [-0.4, -0.2) is 11.1 Å². The number of hydrogen-bond donors (Lipinski definition) is 2. The van der Waals surface area contributed by atoms with E-state index in [0.29, 0.717) is 0 Å². The molecule has 11 heavy (non-hydrogen) atoms. The molecule has 0 saturated carbocycles. The van der Waals surface area contributed by atoms with E-state index in [2.05, 4.69) is 6.92 Å². The van der Waals surface area contributed by atoms with Gasteiger partial charge in [-0.15, -0.1) is 0 Å². The molecule has 0 aromatic heterocycles. The molecule has 64 valence electrons. The Balaban J connectivity index is 3.22. The summed E-state index contributed by atoms with van der Waals surface area (Å²) in [6.45, 7) is 2.12. The third-order valence-electron chi connectivity index (χ3n) is 1.32. The summed E-state index contributed by atoms with van der Waals surface area (Å²) >= 11 is 0. The number of unbranched alkanes of at least 4 members (excludes halogenated alkanes) is 2. The molecule has 0 aliphatic heterocycles. The fourth-order valence-corrected chi connectivity index (χ4v) is 0.676. The molecule has 0 atom stereocenters. The number of nitrogens with one attached hydrogen (secondary N) is 1. The summed E-state index contributed by atoms with van der Waals surface area (Å²) in [5.74, 6) is -0.363. The fourth-order valence-electron chi connectivity index (χ4n) is 0.676. The zero-order chi connectivity index (χ0) is 8.53. The van der Waals surface area contributed by atoms with Crippen molar-refractivity contribution in [3.63, 3.8) is 0 Å². The predicted octanol–water partition coefficient (Wildman–Crippen LogP) is 1.63. The van der Waals surface area contributed by atoms with Crippen LogP contribution in [0.5, 0.6) is 0 Å². The Hall–Kier alpha value is -0.830. The first-order valence-electron chi connectivity index (χ1n) is 3.89. The molecule has 3 nitrogen and oxygen atoms in total. The number of amides is 1. The molecule has 0 saturated heterocycles. The molecule has 0 spiro atoms. The number of carbonyl (C=O) groups excluding carboxylic acids is 1. The van der Waals surface area contributed by atoms with Crippen molar-refractivity contribution in [2.45, 2.75) is 32.6 Å². The van der Waals surface area contributed by atoms with Gasteiger partial charge in [-0.2, -0.15) is 0 Å². The van der Waals surface area contributed by atoms with Gasteiger partial charge in [0, 0.05) is 6.42 Å². The van der Waals surface area contributed by atoms with E-state index in [-0.39, 0.29) is 12.3 Å². The molecule has 0 bridgehead atoms. The van der Waals surface area contributed by atoms with Gasteiger partial charge in [-0.1, -0.05) is 31.9 Å². The van der Waals surface area contributed by atoms with Gasteiger partial charge in [0.25, 0.3) is 0 Å². The van der Waals surface area contributed by atoms with Crippen molar-refractivity contribution in [1.29, 1.82) is 0 Å². The van der Waals surface area contributed by atoms with Crippen molar-refractivity contribution in [3.05, 3.63) is 12.2 Å². The molecule has 0 fully saturated rings. The van der Waals surface area contributed by atoms with E-state index in [1.165, 1.54) is 0 Å². The molecule has 1 amide bonds. The van der Waals surface area contributed by atoms with Crippen molar-refractivity contribution in [2.24, 2.45) is 0 Å². The molecule has 0 aliphatic rings. The molecule has 0 aromatic rings. The quantitative estimate of drug-likeness (QED) is 0.276. The average molecular weight is 157 g/mol. The molecule has 0 radical (unpaired) electrons. The third kappa shape index (κ3) is 7.06. The van der Waals surface area contributed by atoms with Crippen molar-refractivity contribution in [2.75, 3.05) is 0 Å². The SMILES string of the molecule is CCCC/C=C/CC(=O)NO. The summed E-state index contributed by atoms with van der Waals surface area (Å²) < 4.78 is 0. The average Bonchev–Trinajstić information content (AvgIpc) is 2.04. The molecular weight excluding hydrogens is 142 g/mol. The molecule has 0 aromatic carbocycles. The van der Waals surface area contributed by atoms with Gasteiger partial charge in [0.15, 0.2) is 0 Å². The van der Waals surface area contributed by atoms with Crippen molar-refractivity contribution < 1.29 is 10.0 Å². The minimum Gasteiger partial charge on any atom is -0.289 e. The highest BCUT2D eigenvalue weighted by molar-refractivity contribution is 5.76. The van der Waals surface area contributed by atoms with E-state index >= 15 is 0 Å². The lowest BCUT2D eigenvalue weighted by molar-refractivity contribution is -0.128. The second-order valence-corrected chi connectivity index (χ2v) is 2.35. The van der Waals surface area contributed by atoms with Crippen LogP contribution >= 0.6 is 0 Å². The summed E-state index contributed by atoms with van der Waals surface area (Å²) in [4.78, 5) is 10.4. The summed E-state index contributed by atoms with van der Waals surface area (Å²) in [6.07, 6.45) is 7.31. The second-order valence-electron chi connectivity index (χ2n) is 2.35. The normalized spacial score (nSPS) is 10.4. The highest BCUT2D eigenvalue weighted by Crippen LogP contribution is 1.95. The van der Waals surface area contributed by atoms with E-state index in [1.807, 2.05) is 6.08 Å². The van der Waals surface area contributed by atoms with E-state index in [4.69, 9.17) is 5.21 Å². The number of rotatable bonds is 5. The Labute approximate surface area is 67.1 Å². The third-order valence-corrected chi connectivity index (χ3v) is 1.32. The smallest absolute Gasteiger partial charge is 0.247 e. The van der Waals surface area contributed by atoms with Gasteiger partial charge in [-0.25, -0.2) is 5.48 Å². The number of allylic oxidation sites excluding steroid dienone is 1. The zero-order valence-electron chi connectivity index (χ0n) is 6.84. The largest absolute Gasteiger partial charge is 0.289 e. The number of hydroxylamine groups is 1. The van der Waals surface area contributed by atoms with Crippen LogP contribution in [0.4, 0.5) is 0 Å². The van der Waals surface area contributed by atoms with Crippen LogP contribution in [0.2, 0.25) is 0 Å². The monoisotopic (exact) mass is 157 g/mol. The van der Waals surface area contributed by atoms with E-state index in [9.17, 15) is 4.79 Å². The van der Waals surface area contributed by atoms with Crippen molar-refractivity contribution in [1.82, 2.24) is 5.48 Å². The van der Waals surface area contributed by atoms with Gasteiger partial charge in [0.2, 0.25) is 5.91 Å². The first kappa shape index (κ1) is 10.2. The standard InChI is InChI=1S/C8H15NO2/c1-2-3-4-5-6-7-8(10)9-11/h5-6,11H,2-4,7H2,1H3,(H,9,10)/b6-5+. The van der Waals surface area contributed by atoms with Crippen molar-refractivity contribution >= 4 is 5.91 Å². The van der Waals surface area contributed by atoms with E-state index in [1.54, 1.807) is 11.6 Å². The maximum Gasteiger partial charge on any atom is 0.247 e. The highest BCUT2D eigenvalue weighted by Gasteiger charge is 1.91. The fraction of sp³-hybridized carbons (Fsp3) is 0.625. The Morgan fingerprint density at radius 1 is 1.55 bits per heavy atom. The van der Waals surface area contributed by atoms with Crippen molar-refractivity contribution in [3.8, 4) is 0 Å². The maximum atomic E-state index is 10.4. The molecule has 0 aliphatic carbocycles. The van der Waals surface area contributed by atoms with Crippen LogP contribution in [0.15, 0.2) is 12.2 Å². The second kappa shape index (κ2) is 7.28. The van der Waals surface area contributed by atoms with Gasteiger partial charge in [0.1, 0.15) is 0 Å². The minimum absolute atomic E-state index is 0.264. The summed E-state index contributed by atoms with van der Waals surface area (Å²) in [7, 11) is 0. The minimum atomic E-state index is -0.363. The highest BCUT2D eigenvalue weighted by atomic mass is 16.5. The lowest BCUT2D eigenvalue weighted by Gasteiger charge is -1.91. The number of carbonyl (C=O) groups is 1. The predicted molar refractivity (Wildman–Crippen MR) is 43.2 cm³/mol. The molecule has 3 heteroatoms. The maximum absolute atomic E-state index is 10.4. The van der Waals surface area contributed by atoms with Crippen LogP contribution in [0.25, 0.3) is 0 Å². The first-order chi connectivity index (χ1) is 5.31. The Bertz CT molecular complexity index is 132. The summed E-state index contributed by atoms with van der Waals surface area (Å²) in [6, 6.07) is 0. The lowest BCUT2D eigenvalue weighted by Crippen LogP contribution is -2.16. The lowest BCUT2D eigenvalue weighted by atomic mass is 10.2. The Morgan fingerprint density at radius 3 is 2.82 bits per heavy atom. The number of hydrogen-bond acceptors (Lipinski definition) is 2. The van der Waals surface area contributed by atoms with Crippen LogP contribution in [0.3, 0.4) is 0 Å². The van der Waals surface area contributed by atoms with Crippen LogP contribution in [0, 0.1) is 0 Å². The van der Waals surface area contributed by atoms with Crippen LogP contribution in [0.1, 0.15) is 32.6 Å². The Morgan fingerprint density at radius 2 is 2.27 bits per heavy atom. The van der Waals surface area contributed by atoms with Crippen LogP contribution < -0.4 is 5.48 Å².